The highest BCUT2D eigenvalue weighted by Crippen LogP contribution is 2.28. The summed E-state index contributed by atoms with van der Waals surface area (Å²) in [5, 5.41) is 14.1. The molecule has 1 aliphatic heterocycles. The predicted octanol–water partition coefficient (Wildman–Crippen LogP) is 4.89. The zero-order valence-electron chi connectivity index (χ0n) is 22.8. The summed E-state index contributed by atoms with van der Waals surface area (Å²) >= 11 is 0. The van der Waals surface area contributed by atoms with Crippen LogP contribution < -0.4 is 5.32 Å². The number of ether oxygens (including phenoxy) is 4. The molecule has 5 atom stereocenters. The minimum absolute atomic E-state index is 0.163. The highest BCUT2D eigenvalue weighted by Gasteiger charge is 2.48. The van der Waals surface area contributed by atoms with Crippen molar-refractivity contribution in [1.29, 1.82) is 0 Å². The van der Waals surface area contributed by atoms with E-state index in [1.54, 1.807) is 24.3 Å². The van der Waals surface area contributed by atoms with Gasteiger partial charge in [0.25, 0.3) is 5.91 Å². The van der Waals surface area contributed by atoms with Gasteiger partial charge in [-0.3, -0.25) is 4.79 Å². The molecule has 2 N–H and O–H groups in total. The number of aliphatic hydroxyl groups is 1. The molecule has 0 radical (unpaired) electrons. The van der Waals surface area contributed by atoms with Crippen LogP contribution in [0.5, 0.6) is 0 Å². The van der Waals surface area contributed by atoms with E-state index in [1.807, 2.05) is 97.1 Å². The van der Waals surface area contributed by atoms with E-state index in [0.29, 0.717) is 18.8 Å². The molecule has 1 fully saturated rings. The maximum absolute atomic E-state index is 13.2. The van der Waals surface area contributed by atoms with Crippen LogP contribution in [0.4, 0.5) is 0 Å². The van der Waals surface area contributed by atoms with Gasteiger partial charge in [-0.2, -0.15) is 0 Å². The first-order chi connectivity index (χ1) is 20.2. The van der Waals surface area contributed by atoms with E-state index in [1.165, 1.54) is 0 Å². The molecule has 0 aromatic heterocycles. The fourth-order valence-electron chi connectivity index (χ4n) is 4.83. The number of rotatable bonds is 12. The van der Waals surface area contributed by atoms with E-state index in [9.17, 15) is 9.90 Å². The minimum Gasteiger partial charge on any atom is -0.374 e. The molecular weight excluding hydrogens is 518 g/mol. The summed E-state index contributed by atoms with van der Waals surface area (Å²) in [6, 6.07) is 37.4. The lowest BCUT2D eigenvalue weighted by Crippen LogP contribution is -2.65. The zero-order valence-corrected chi connectivity index (χ0v) is 22.8. The van der Waals surface area contributed by atoms with Crippen LogP contribution in [0.25, 0.3) is 0 Å². The van der Waals surface area contributed by atoms with Crippen molar-refractivity contribution in [3.05, 3.63) is 144 Å². The van der Waals surface area contributed by atoms with E-state index in [2.05, 4.69) is 5.32 Å². The lowest BCUT2D eigenvalue weighted by atomic mass is 9.95. The minimum atomic E-state index is -1.34. The second-order valence-corrected chi connectivity index (χ2v) is 9.95. The molecule has 0 aliphatic carbocycles. The summed E-state index contributed by atoms with van der Waals surface area (Å²) in [5.41, 5.74) is 3.43. The van der Waals surface area contributed by atoms with Gasteiger partial charge in [-0.05, 0) is 28.8 Å². The number of carbonyl (C=O) groups excluding carboxylic acids is 1. The zero-order chi connectivity index (χ0) is 28.3. The molecule has 0 bridgehead atoms. The Morgan fingerprint density at radius 2 is 1.12 bits per heavy atom. The molecule has 0 saturated carbocycles. The molecule has 1 heterocycles. The number of nitrogens with one attached hydrogen (secondary N) is 1. The number of hydrogen-bond acceptors (Lipinski definition) is 6. The van der Waals surface area contributed by atoms with Gasteiger partial charge in [0.05, 0.1) is 26.4 Å². The Kier molecular flexibility index (Phi) is 10.3. The van der Waals surface area contributed by atoms with Crippen LogP contribution in [-0.2, 0) is 38.8 Å². The first-order valence-corrected chi connectivity index (χ1v) is 13.8. The second-order valence-electron chi connectivity index (χ2n) is 9.95. The van der Waals surface area contributed by atoms with Crippen molar-refractivity contribution in [3.63, 3.8) is 0 Å². The summed E-state index contributed by atoms with van der Waals surface area (Å²) in [6.45, 7) is 1.10. The highest BCUT2D eigenvalue weighted by molar-refractivity contribution is 5.94. The van der Waals surface area contributed by atoms with Crippen LogP contribution in [0.2, 0.25) is 0 Å². The summed E-state index contributed by atoms with van der Waals surface area (Å²) in [5.74, 6) is -0.341. The number of carbonyl (C=O) groups is 1. The van der Waals surface area contributed by atoms with Crippen molar-refractivity contribution in [1.82, 2.24) is 5.32 Å². The van der Waals surface area contributed by atoms with Gasteiger partial charge in [-0.25, -0.2) is 0 Å². The van der Waals surface area contributed by atoms with Crippen LogP contribution in [0, 0.1) is 0 Å². The van der Waals surface area contributed by atoms with Gasteiger partial charge in [-0.15, -0.1) is 0 Å². The van der Waals surface area contributed by atoms with Gasteiger partial charge in [0.15, 0.2) is 6.29 Å². The number of amides is 1. The standard InChI is InChI=1S/C34H35NO6/c36-33(28-19-11-4-12-20-28)35-30-32(40-23-27-17-9-3-10-18-27)31(39-22-26-15-7-2-8-16-26)29(41-34(30)37)24-38-21-25-13-5-1-6-14-25/h1-20,29-32,34,37H,21-24H2,(H,35,36). The van der Waals surface area contributed by atoms with Crippen LogP contribution >= 0.6 is 0 Å². The first-order valence-electron chi connectivity index (χ1n) is 13.8. The van der Waals surface area contributed by atoms with Crippen LogP contribution in [-0.4, -0.2) is 48.3 Å². The molecule has 7 heteroatoms. The average Bonchev–Trinajstić information content (AvgIpc) is 3.02. The highest BCUT2D eigenvalue weighted by atomic mass is 16.7. The third-order valence-electron chi connectivity index (χ3n) is 6.96. The Bertz CT molecular complexity index is 1320. The van der Waals surface area contributed by atoms with Gasteiger partial charge >= 0.3 is 0 Å². The van der Waals surface area contributed by atoms with Crippen molar-refractivity contribution in [3.8, 4) is 0 Å². The summed E-state index contributed by atoms with van der Waals surface area (Å²) in [6.07, 6.45) is -3.38. The SMILES string of the molecule is O=C(NC1C(O)OC(COCc2ccccc2)C(OCc2ccccc2)C1OCc1ccccc1)c1ccccc1. The molecule has 41 heavy (non-hydrogen) atoms. The lowest BCUT2D eigenvalue weighted by molar-refractivity contribution is -0.277. The van der Waals surface area contributed by atoms with Gasteiger partial charge in [0, 0.05) is 5.56 Å². The maximum Gasteiger partial charge on any atom is 0.251 e. The normalized spacial score (nSPS) is 22.2. The van der Waals surface area contributed by atoms with Crippen molar-refractivity contribution in [2.75, 3.05) is 6.61 Å². The average molecular weight is 554 g/mol. The molecule has 4 aromatic rings. The molecule has 5 rings (SSSR count). The van der Waals surface area contributed by atoms with Crippen molar-refractivity contribution in [2.24, 2.45) is 0 Å². The molecule has 1 aliphatic rings. The van der Waals surface area contributed by atoms with Crippen LogP contribution in [0.1, 0.15) is 27.0 Å². The van der Waals surface area contributed by atoms with E-state index < -0.39 is 30.6 Å². The molecule has 1 saturated heterocycles. The topological polar surface area (TPSA) is 86.3 Å². The first kappa shape index (κ1) is 28.7. The number of hydrogen-bond donors (Lipinski definition) is 2. The quantitative estimate of drug-likeness (QED) is 0.260. The third-order valence-corrected chi connectivity index (χ3v) is 6.96. The summed E-state index contributed by atoms with van der Waals surface area (Å²) in [7, 11) is 0. The molecule has 0 spiro atoms. The van der Waals surface area contributed by atoms with E-state index in [4.69, 9.17) is 18.9 Å². The third kappa shape index (κ3) is 8.10. The van der Waals surface area contributed by atoms with E-state index in [-0.39, 0.29) is 19.1 Å². The van der Waals surface area contributed by atoms with Gasteiger partial charge in [0.2, 0.25) is 0 Å². The van der Waals surface area contributed by atoms with Crippen molar-refractivity contribution in [2.45, 2.75) is 50.5 Å². The van der Waals surface area contributed by atoms with Crippen molar-refractivity contribution < 1.29 is 28.8 Å². The van der Waals surface area contributed by atoms with Crippen LogP contribution in [0.15, 0.2) is 121 Å². The van der Waals surface area contributed by atoms with E-state index >= 15 is 0 Å². The molecular formula is C34H35NO6. The summed E-state index contributed by atoms with van der Waals surface area (Å²) in [4.78, 5) is 13.2. The Morgan fingerprint density at radius 1 is 0.659 bits per heavy atom. The van der Waals surface area contributed by atoms with Crippen molar-refractivity contribution >= 4 is 5.91 Å². The second kappa shape index (κ2) is 14.7. The van der Waals surface area contributed by atoms with Crippen LogP contribution in [0.3, 0.4) is 0 Å². The molecule has 7 nitrogen and oxygen atoms in total. The Hall–Kier alpha value is -3.85. The number of benzene rings is 4. The van der Waals surface area contributed by atoms with Gasteiger partial charge < -0.3 is 29.4 Å². The van der Waals surface area contributed by atoms with E-state index in [0.717, 1.165) is 16.7 Å². The lowest BCUT2D eigenvalue weighted by Gasteiger charge is -2.45. The monoisotopic (exact) mass is 553 g/mol. The summed E-state index contributed by atoms with van der Waals surface area (Å²) < 4.78 is 25.0. The predicted molar refractivity (Wildman–Crippen MR) is 155 cm³/mol. The fraction of sp³-hybridized carbons (Fsp3) is 0.265. The maximum atomic E-state index is 13.2. The fourth-order valence-corrected chi connectivity index (χ4v) is 4.83. The molecule has 1 amide bonds. The number of aliphatic hydroxyl groups excluding tert-OH is 1. The largest absolute Gasteiger partial charge is 0.374 e. The molecule has 212 valence electrons. The van der Waals surface area contributed by atoms with Gasteiger partial charge in [0.1, 0.15) is 24.4 Å². The molecule has 5 unspecified atom stereocenters. The Morgan fingerprint density at radius 3 is 1.66 bits per heavy atom. The Labute approximate surface area is 240 Å². The smallest absolute Gasteiger partial charge is 0.251 e. The molecule has 4 aromatic carbocycles. The van der Waals surface area contributed by atoms with Gasteiger partial charge in [-0.1, -0.05) is 109 Å². The Balaban J connectivity index is 1.39.